The molecular weight excluding hydrogens is 226 g/mol. The average molecular weight is 241 g/mol. The van der Waals surface area contributed by atoms with Crippen molar-refractivity contribution in [3.8, 4) is 5.75 Å². The molecule has 0 spiro atoms. The third-order valence-corrected chi connectivity index (χ3v) is 2.03. The van der Waals surface area contributed by atoms with Crippen molar-refractivity contribution >= 4 is 5.69 Å². The molecule has 0 bridgehead atoms. The number of nitro benzene ring substituents is 1. The Balaban J connectivity index is 2.56. The number of nitrogens with zero attached hydrogens (tertiary/aromatic N) is 1. The second kappa shape index (κ2) is 6.82. The van der Waals surface area contributed by atoms with Gasteiger partial charge in [-0.15, -0.1) is 0 Å². The van der Waals surface area contributed by atoms with Crippen LogP contribution in [0.4, 0.5) is 5.69 Å². The zero-order chi connectivity index (χ0) is 12.7. The lowest BCUT2D eigenvalue weighted by Crippen LogP contribution is -2.10. The molecule has 94 valence electrons. The van der Waals surface area contributed by atoms with E-state index in [9.17, 15) is 10.1 Å². The predicted molar refractivity (Wildman–Crippen MR) is 61.2 cm³/mol. The summed E-state index contributed by atoms with van der Waals surface area (Å²) in [7, 11) is 0. The van der Waals surface area contributed by atoms with E-state index in [1.54, 1.807) is 12.1 Å². The Morgan fingerprint density at radius 1 is 1.35 bits per heavy atom. The first-order chi connectivity index (χ1) is 8.15. The molecule has 17 heavy (non-hydrogen) atoms. The van der Waals surface area contributed by atoms with Gasteiger partial charge in [-0.1, -0.05) is 6.07 Å². The molecule has 0 fully saturated rings. The van der Waals surface area contributed by atoms with Gasteiger partial charge in [0.05, 0.1) is 24.7 Å². The van der Waals surface area contributed by atoms with E-state index in [0.717, 1.165) is 5.56 Å². The molecule has 0 saturated carbocycles. The van der Waals surface area contributed by atoms with Gasteiger partial charge in [-0.3, -0.25) is 10.1 Å². The Labute approximate surface area is 98.9 Å². The molecule has 0 saturated heterocycles. The van der Waals surface area contributed by atoms with Crippen LogP contribution in [0, 0.1) is 17.0 Å². The van der Waals surface area contributed by atoms with Gasteiger partial charge in [0.15, 0.2) is 5.75 Å². The molecular formula is C11H15NO5. The quantitative estimate of drug-likeness (QED) is 0.442. The lowest BCUT2D eigenvalue weighted by atomic mass is 10.2. The second-order valence-electron chi connectivity index (χ2n) is 3.41. The smallest absolute Gasteiger partial charge is 0.310 e. The first-order valence-corrected chi connectivity index (χ1v) is 5.21. The Kier molecular flexibility index (Phi) is 5.38. The minimum atomic E-state index is -0.483. The number of rotatable bonds is 7. The van der Waals surface area contributed by atoms with Crippen LogP contribution in [0.5, 0.6) is 5.75 Å². The molecule has 0 aliphatic heterocycles. The SMILES string of the molecule is Cc1ccc([N+](=O)[O-])c(OCCOCCO)c1. The van der Waals surface area contributed by atoms with Crippen LogP contribution in [0.1, 0.15) is 5.56 Å². The first-order valence-electron chi connectivity index (χ1n) is 5.21. The van der Waals surface area contributed by atoms with Crippen molar-refractivity contribution in [2.45, 2.75) is 6.92 Å². The van der Waals surface area contributed by atoms with Crippen LogP contribution in [-0.4, -0.2) is 36.5 Å². The predicted octanol–water partition coefficient (Wildman–Crippen LogP) is 1.29. The largest absolute Gasteiger partial charge is 0.484 e. The van der Waals surface area contributed by atoms with Crippen LogP contribution in [0.2, 0.25) is 0 Å². The molecule has 0 radical (unpaired) electrons. The van der Waals surface area contributed by atoms with Gasteiger partial charge in [-0.05, 0) is 18.6 Å². The molecule has 0 atom stereocenters. The Morgan fingerprint density at radius 3 is 2.76 bits per heavy atom. The van der Waals surface area contributed by atoms with E-state index in [1.165, 1.54) is 6.07 Å². The number of aliphatic hydroxyl groups excluding tert-OH is 1. The third kappa shape index (κ3) is 4.38. The fraction of sp³-hybridized carbons (Fsp3) is 0.455. The van der Waals surface area contributed by atoms with E-state index in [2.05, 4.69) is 0 Å². The molecule has 0 aliphatic rings. The normalized spacial score (nSPS) is 10.2. The first kappa shape index (κ1) is 13.4. The fourth-order valence-electron chi connectivity index (χ4n) is 1.26. The van der Waals surface area contributed by atoms with Crippen molar-refractivity contribution in [1.29, 1.82) is 0 Å². The summed E-state index contributed by atoms with van der Waals surface area (Å²) in [6, 6.07) is 4.69. The summed E-state index contributed by atoms with van der Waals surface area (Å²) < 4.78 is 10.3. The Bertz CT molecular complexity index is 380. The highest BCUT2D eigenvalue weighted by molar-refractivity contribution is 5.48. The van der Waals surface area contributed by atoms with Gasteiger partial charge in [0, 0.05) is 6.07 Å². The summed E-state index contributed by atoms with van der Waals surface area (Å²) >= 11 is 0. The highest BCUT2D eigenvalue weighted by atomic mass is 16.6. The van der Waals surface area contributed by atoms with Gasteiger partial charge < -0.3 is 14.6 Å². The summed E-state index contributed by atoms with van der Waals surface area (Å²) in [6.45, 7) is 2.51. The van der Waals surface area contributed by atoms with E-state index >= 15 is 0 Å². The summed E-state index contributed by atoms with van der Waals surface area (Å²) in [4.78, 5) is 10.2. The van der Waals surface area contributed by atoms with Crippen LogP contribution in [0.3, 0.4) is 0 Å². The number of ether oxygens (including phenoxy) is 2. The molecule has 0 unspecified atom stereocenters. The number of hydrogen-bond acceptors (Lipinski definition) is 5. The van der Waals surface area contributed by atoms with Crippen LogP contribution in [0.25, 0.3) is 0 Å². The van der Waals surface area contributed by atoms with E-state index in [4.69, 9.17) is 14.6 Å². The topological polar surface area (TPSA) is 81.8 Å². The van der Waals surface area contributed by atoms with Crippen LogP contribution in [-0.2, 0) is 4.74 Å². The summed E-state index contributed by atoms with van der Waals surface area (Å²) in [5.74, 6) is 0.239. The van der Waals surface area contributed by atoms with Crippen molar-refractivity contribution in [2.75, 3.05) is 26.4 Å². The summed E-state index contributed by atoms with van der Waals surface area (Å²) in [6.07, 6.45) is 0. The van der Waals surface area contributed by atoms with Gasteiger partial charge in [0.25, 0.3) is 0 Å². The van der Waals surface area contributed by atoms with Crippen molar-refractivity contribution in [2.24, 2.45) is 0 Å². The van der Waals surface area contributed by atoms with Crippen LogP contribution < -0.4 is 4.74 Å². The van der Waals surface area contributed by atoms with Gasteiger partial charge in [0.1, 0.15) is 6.61 Å². The molecule has 1 rings (SSSR count). The molecule has 0 aromatic heterocycles. The van der Waals surface area contributed by atoms with Gasteiger partial charge in [-0.25, -0.2) is 0 Å². The molecule has 0 heterocycles. The highest BCUT2D eigenvalue weighted by Gasteiger charge is 2.14. The Hall–Kier alpha value is -1.66. The number of benzene rings is 1. The lowest BCUT2D eigenvalue weighted by molar-refractivity contribution is -0.385. The maximum Gasteiger partial charge on any atom is 0.310 e. The minimum absolute atomic E-state index is 0.0510. The molecule has 0 amide bonds. The molecule has 6 nitrogen and oxygen atoms in total. The maximum absolute atomic E-state index is 10.7. The van der Waals surface area contributed by atoms with Gasteiger partial charge >= 0.3 is 5.69 Å². The molecule has 1 aromatic rings. The number of aryl methyl sites for hydroxylation is 1. The zero-order valence-corrected chi connectivity index (χ0v) is 9.59. The standard InChI is InChI=1S/C11H15NO5/c1-9-2-3-10(12(14)15)11(8-9)17-7-6-16-5-4-13/h2-3,8,13H,4-7H2,1H3. The average Bonchev–Trinajstić information content (AvgIpc) is 2.28. The number of hydrogen-bond donors (Lipinski definition) is 1. The summed E-state index contributed by atoms with van der Waals surface area (Å²) in [5.41, 5.74) is 0.833. The molecule has 0 aliphatic carbocycles. The monoisotopic (exact) mass is 241 g/mol. The van der Waals surface area contributed by atoms with Crippen molar-refractivity contribution in [3.05, 3.63) is 33.9 Å². The fourth-order valence-corrected chi connectivity index (χ4v) is 1.26. The summed E-state index contributed by atoms with van der Waals surface area (Å²) in [5, 5.41) is 19.2. The third-order valence-electron chi connectivity index (χ3n) is 2.03. The number of nitro groups is 1. The highest BCUT2D eigenvalue weighted by Crippen LogP contribution is 2.27. The van der Waals surface area contributed by atoms with Gasteiger partial charge in [0.2, 0.25) is 0 Å². The zero-order valence-electron chi connectivity index (χ0n) is 9.59. The molecule has 1 N–H and O–H groups in total. The molecule has 6 heteroatoms. The Morgan fingerprint density at radius 2 is 2.12 bits per heavy atom. The van der Waals surface area contributed by atoms with E-state index in [0.29, 0.717) is 0 Å². The van der Waals surface area contributed by atoms with Crippen LogP contribution in [0.15, 0.2) is 18.2 Å². The van der Waals surface area contributed by atoms with E-state index in [-0.39, 0.29) is 37.9 Å². The van der Waals surface area contributed by atoms with Crippen LogP contribution >= 0.6 is 0 Å². The maximum atomic E-state index is 10.7. The van der Waals surface area contributed by atoms with Crippen molar-refractivity contribution < 1.29 is 19.5 Å². The molecule has 1 aromatic carbocycles. The van der Waals surface area contributed by atoms with E-state index < -0.39 is 4.92 Å². The van der Waals surface area contributed by atoms with Crippen molar-refractivity contribution in [1.82, 2.24) is 0 Å². The number of aliphatic hydroxyl groups is 1. The lowest BCUT2D eigenvalue weighted by Gasteiger charge is -2.07. The second-order valence-corrected chi connectivity index (χ2v) is 3.41. The minimum Gasteiger partial charge on any atom is -0.484 e. The van der Waals surface area contributed by atoms with Crippen molar-refractivity contribution in [3.63, 3.8) is 0 Å². The van der Waals surface area contributed by atoms with Gasteiger partial charge in [-0.2, -0.15) is 0 Å². The van der Waals surface area contributed by atoms with E-state index in [1.807, 2.05) is 6.92 Å².